The number of rotatable bonds is 7. The van der Waals surface area contributed by atoms with E-state index < -0.39 is 10.9 Å². The Bertz CT molecular complexity index is 1410. The first-order valence-corrected chi connectivity index (χ1v) is 11.6. The molecule has 168 valence electrons. The highest BCUT2D eigenvalue weighted by atomic mass is 32.2. The van der Waals surface area contributed by atoms with Gasteiger partial charge in [0.2, 0.25) is 4.96 Å². The first-order chi connectivity index (χ1) is 15.8. The summed E-state index contributed by atoms with van der Waals surface area (Å²) in [6.07, 6.45) is 0.675. The lowest BCUT2D eigenvalue weighted by molar-refractivity contribution is -0.387. The van der Waals surface area contributed by atoms with Gasteiger partial charge >= 0.3 is 5.97 Å². The van der Waals surface area contributed by atoms with Gasteiger partial charge in [0.1, 0.15) is 11.6 Å². The van der Waals surface area contributed by atoms with Gasteiger partial charge in [-0.25, -0.2) is 9.78 Å². The van der Waals surface area contributed by atoms with Crippen LogP contribution in [0.1, 0.15) is 33.5 Å². The van der Waals surface area contributed by atoms with Crippen molar-refractivity contribution in [2.45, 2.75) is 36.7 Å². The lowest BCUT2D eigenvalue weighted by Gasteiger charge is -2.07. The Morgan fingerprint density at radius 1 is 1.21 bits per heavy atom. The van der Waals surface area contributed by atoms with Gasteiger partial charge in [0.15, 0.2) is 0 Å². The summed E-state index contributed by atoms with van der Waals surface area (Å²) in [5, 5.41) is 16.5. The van der Waals surface area contributed by atoms with Gasteiger partial charge in [-0.2, -0.15) is 9.61 Å². The summed E-state index contributed by atoms with van der Waals surface area (Å²) in [6.45, 7) is 3.65. The van der Waals surface area contributed by atoms with E-state index in [1.807, 2.05) is 38.1 Å². The van der Waals surface area contributed by atoms with E-state index in [2.05, 4.69) is 10.1 Å². The van der Waals surface area contributed by atoms with Crippen LogP contribution in [0.2, 0.25) is 0 Å². The number of hydrogen-bond acceptors (Lipinski definition) is 9. The van der Waals surface area contributed by atoms with Crippen LogP contribution < -0.4 is 5.56 Å². The van der Waals surface area contributed by atoms with Crippen molar-refractivity contribution < 1.29 is 14.5 Å². The van der Waals surface area contributed by atoms with Gasteiger partial charge in [0, 0.05) is 17.0 Å². The third-order valence-electron chi connectivity index (χ3n) is 4.63. The number of aromatic nitrogens is 3. The Hall–Kier alpha value is -3.57. The molecule has 4 aromatic rings. The Balaban J connectivity index is 1.51. The van der Waals surface area contributed by atoms with E-state index in [-0.39, 0.29) is 29.1 Å². The molecule has 33 heavy (non-hydrogen) atoms. The number of carbonyl (C=O) groups is 1. The number of benzene rings is 2. The van der Waals surface area contributed by atoms with Gasteiger partial charge < -0.3 is 4.74 Å². The van der Waals surface area contributed by atoms with Crippen molar-refractivity contribution in [3.8, 4) is 0 Å². The van der Waals surface area contributed by atoms with E-state index in [9.17, 15) is 19.7 Å². The minimum absolute atomic E-state index is 0.0406. The smallest absolute Gasteiger partial charge is 0.338 e. The number of nitrogens with zero attached hydrogens (tertiary/aromatic N) is 4. The van der Waals surface area contributed by atoms with E-state index in [1.165, 1.54) is 51.9 Å². The number of nitro benzene ring substituents is 1. The third-order valence-corrected chi connectivity index (χ3v) is 6.76. The molecule has 0 aliphatic carbocycles. The van der Waals surface area contributed by atoms with E-state index >= 15 is 0 Å². The molecule has 0 atom stereocenters. The molecule has 0 fully saturated rings. The fraction of sp³-hybridized carbons (Fsp3) is 0.182. The van der Waals surface area contributed by atoms with Crippen molar-refractivity contribution in [3.63, 3.8) is 0 Å². The molecule has 11 heteroatoms. The number of hydrogen-bond donors (Lipinski definition) is 0. The zero-order valence-corrected chi connectivity index (χ0v) is 19.3. The topological polar surface area (TPSA) is 117 Å². The third kappa shape index (κ3) is 5.10. The van der Waals surface area contributed by atoms with Crippen LogP contribution in [0.15, 0.2) is 63.1 Å². The average molecular weight is 483 g/mol. The molecule has 2 aromatic carbocycles. The normalized spacial score (nSPS) is 11.0. The number of ether oxygens (including phenoxy) is 1. The standard InChI is InChI=1S/C22H18N4O5S2/c1-3-19-24-25-20(27)11-15(23-22(25)33-19)12-31-21(28)14-6-9-18(17(10-14)26(29)30)32-16-7-4-13(2)5-8-16/h4-11H,3,12H2,1-2H3. The predicted molar refractivity (Wildman–Crippen MR) is 124 cm³/mol. The van der Waals surface area contributed by atoms with Crippen molar-refractivity contribution in [2.75, 3.05) is 0 Å². The molecule has 0 bridgehead atoms. The summed E-state index contributed by atoms with van der Waals surface area (Å²) in [5.41, 5.74) is 0.851. The summed E-state index contributed by atoms with van der Waals surface area (Å²) < 4.78 is 6.47. The first kappa shape index (κ1) is 22.6. The lowest BCUT2D eigenvalue weighted by atomic mass is 10.2. The van der Waals surface area contributed by atoms with Gasteiger partial charge in [-0.1, -0.05) is 47.7 Å². The largest absolute Gasteiger partial charge is 0.456 e. The number of esters is 1. The molecule has 0 spiro atoms. The molecule has 9 nitrogen and oxygen atoms in total. The van der Waals surface area contributed by atoms with Crippen LogP contribution in [-0.2, 0) is 17.8 Å². The molecule has 4 rings (SSSR count). The molecule has 0 radical (unpaired) electrons. The summed E-state index contributed by atoms with van der Waals surface area (Å²) in [5.74, 6) is -0.745. The van der Waals surface area contributed by atoms with Crippen LogP contribution in [0.25, 0.3) is 4.96 Å². The van der Waals surface area contributed by atoms with Crippen LogP contribution in [0.4, 0.5) is 5.69 Å². The second-order valence-electron chi connectivity index (χ2n) is 7.06. The zero-order valence-electron chi connectivity index (χ0n) is 17.7. The Labute approximate surface area is 196 Å². The highest BCUT2D eigenvalue weighted by Crippen LogP contribution is 2.35. The summed E-state index contributed by atoms with van der Waals surface area (Å²) >= 11 is 2.53. The fourth-order valence-corrected chi connectivity index (χ4v) is 4.70. The SMILES string of the molecule is CCc1nn2c(=O)cc(COC(=O)c3ccc(Sc4ccc(C)cc4)c([N+](=O)[O-])c3)nc2s1. The summed E-state index contributed by atoms with van der Waals surface area (Å²) in [6, 6.07) is 13.1. The Morgan fingerprint density at radius 3 is 2.67 bits per heavy atom. The van der Waals surface area contributed by atoms with Crippen molar-refractivity contribution in [1.82, 2.24) is 14.6 Å². The molecular weight excluding hydrogens is 464 g/mol. The first-order valence-electron chi connectivity index (χ1n) is 9.93. The van der Waals surface area contributed by atoms with E-state index in [0.717, 1.165) is 15.5 Å². The number of aryl methyl sites for hydroxylation is 2. The van der Waals surface area contributed by atoms with E-state index in [4.69, 9.17) is 4.74 Å². The minimum atomic E-state index is -0.745. The van der Waals surface area contributed by atoms with Gasteiger partial charge in [-0.05, 0) is 37.6 Å². The predicted octanol–water partition coefficient (Wildman–Crippen LogP) is 4.44. The lowest BCUT2D eigenvalue weighted by Crippen LogP contribution is -2.16. The van der Waals surface area contributed by atoms with Gasteiger partial charge in [0.25, 0.3) is 11.2 Å². The molecule has 0 saturated carbocycles. The molecule has 2 aromatic heterocycles. The van der Waals surface area contributed by atoms with E-state index in [0.29, 0.717) is 16.3 Å². The maximum absolute atomic E-state index is 12.5. The zero-order chi connectivity index (χ0) is 23.5. The molecule has 0 unspecified atom stereocenters. The van der Waals surface area contributed by atoms with Crippen LogP contribution in [0.5, 0.6) is 0 Å². The molecule has 0 aliphatic heterocycles. The van der Waals surface area contributed by atoms with Crippen molar-refractivity contribution >= 4 is 39.7 Å². The van der Waals surface area contributed by atoms with Gasteiger partial charge in [0.05, 0.1) is 21.1 Å². The molecular formula is C22H18N4O5S2. The van der Waals surface area contributed by atoms with Crippen LogP contribution in [0.3, 0.4) is 0 Å². The molecule has 0 aliphatic rings. The van der Waals surface area contributed by atoms with Crippen LogP contribution in [-0.4, -0.2) is 25.5 Å². The number of fused-ring (bicyclic) bond motifs is 1. The van der Waals surface area contributed by atoms with Gasteiger partial charge in [-0.3, -0.25) is 14.9 Å². The molecule has 0 N–H and O–H groups in total. The van der Waals surface area contributed by atoms with Crippen molar-refractivity contribution in [2.24, 2.45) is 0 Å². The van der Waals surface area contributed by atoms with Crippen molar-refractivity contribution in [3.05, 3.63) is 90.8 Å². The Kier molecular flexibility index (Phi) is 6.52. The molecule has 0 amide bonds. The monoisotopic (exact) mass is 482 g/mol. The maximum Gasteiger partial charge on any atom is 0.338 e. The fourth-order valence-electron chi connectivity index (χ4n) is 2.94. The average Bonchev–Trinajstić information content (AvgIpc) is 3.23. The second-order valence-corrected chi connectivity index (χ2v) is 9.22. The molecule has 2 heterocycles. The van der Waals surface area contributed by atoms with Crippen LogP contribution in [0, 0.1) is 17.0 Å². The van der Waals surface area contributed by atoms with Crippen molar-refractivity contribution in [1.29, 1.82) is 0 Å². The summed E-state index contributed by atoms with van der Waals surface area (Å²) in [4.78, 5) is 41.8. The maximum atomic E-state index is 12.5. The number of carbonyl (C=O) groups excluding carboxylic acids is 1. The molecule has 0 saturated heterocycles. The highest BCUT2D eigenvalue weighted by molar-refractivity contribution is 7.99. The minimum Gasteiger partial charge on any atom is -0.456 e. The summed E-state index contributed by atoms with van der Waals surface area (Å²) in [7, 11) is 0. The second kappa shape index (κ2) is 9.51. The van der Waals surface area contributed by atoms with Gasteiger partial charge in [-0.15, -0.1) is 0 Å². The highest BCUT2D eigenvalue weighted by Gasteiger charge is 2.20. The van der Waals surface area contributed by atoms with Crippen LogP contribution >= 0.6 is 23.1 Å². The Morgan fingerprint density at radius 2 is 1.97 bits per heavy atom. The quantitative estimate of drug-likeness (QED) is 0.216. The van der Waals surface area contributed by atoms with E-state index in [1.54, 1.807) is 0 Å². The number of nitro groups is 1.